The topological polar surface area (TPSA) is 29.3 Å². The molecule has 0 unspecified atom stereocenters. The van der Waals surface area contributed by atoms with Crippen LogP contribution in [0.4, 0.5) is 10.1 Å². The molecule has 0 atom stereocenters. The fraction of sp³-hybridized carbons (Fsp3) is 0.0714. The molecule has 1 aromatic carbocycles. The largest absolute Gasteiger partial charge is 0.388 e. The number of rotatable bonds is 2. The number of benzene rings is 1. The number of imidazole rings is 1. The number of aromatic nitrogens is 2. The van der Waals surface area contributed by atoms with Gasteiger partial charge in [-0.3, -0.25) is 4.40 Å². The summed E-state index contributed by atoms with van der Waals surface area (Å²) in [6.07, 6.45) is 3.76. The van der Waals surface area contributed by atoms with E-state index in [1.807, 2.05) is 29.8 Å². The maximum absolute atomic E-state index is 12.9. The molecule has 18 heavy (non-hydrogen) atoms. The van der Waals surface area contributed by atoms with E-state index in [9.17, 15) is 4.39 Å². The van der Waals surface area contributed by atoms with Crippen molar-refractivity contribution in [1.29, 1.82) is 0 Å². The minimum Gasteiger partial charge on any atom is -0.388 e. The van der Waals surface area contributed by atoms with Crippen molar-refractivity contribution in [2.24, 2.45) is 0 Å². The summed E-state index contributed by atoms with van der Waals surface area (Å²) < 4.78 is 14.9. The molecule has 0 spiro atoms. The molecule has 0 radical (unpaired) electrons. The maximum Gasteiger partial charge on any atom is 0.144 e. The Labute approximate surface area is 104 Å². The van der Waals surface area contributed by atoms with E-state index in [-0.39, 0.29) is 5.82 Å². The number of nitrogens with zero attached hydrogens (tertiary/aromatic N) is 2. The van der Waals surface area contributed by atoms with E-state index < -0.39 is 0 Å². The number of pyridine rings is 1. The van der Waals surface area contributed by atoms with Gasteiger partial charge in [-0.15, -0.1) is 0 Å². The van der Waals surface area contributed by atoms with Crippen LogP contribution in [-0.4, -0.2) is 16.4 Å². The normalized spacial score (nSPS) is 10.8. The van der Waals surface area contributed by atoms with Crippen molar-refractivity contribution in [3.8, 4) is 11.4 Å². The predicted molar refractivity (Wildman–Crippen MR) is 70.1 cm³/mol. The lowest BCUT2D eigenvalue weighted by molar-refractivity contribution is 0.628. The third-order valence-electron chi connectivity index (χ3n) is 2.92. The van der Waals surface area contributed by atoms with Gasteiger partial charge in [-0.2, -0.15) is 0 Å². The molecule has 0 aliphatic heterocycles. The summed E-state index contributed by atoms with van der Waals surface area (Å²) in [4.78, 5) is 4.38. The Morgan fingerprint density at radius 1 is 1.17 bits per heavy atom. The molecule has 3 nitrogen and oxygen atoms in total. The second kappa shape index (κ2) is 4.14. The molecular formula is C14H12FN3. The molecule has 3 rings (SSSR count). The van der Waals surface area contributed by atoms with Gasteiger partial charge in [-0.1, -0.05) is 0 Å². The van der Waals surface area contributed by atoms with Crippen LogP contribution in [0.5, 0.6) is 0 Å². The maximum atomic E-state index is 12.9. The van der Waals surface area contributed by atoms with Crippen molar-refractivity contribution in [3.05, 3.63) is 54.6 Å². The molecule has 90 valence electrons. The first-order chi connectivity index (χ1) is 8.78. The molecule has 0 saturated heterocycles. The van der Waals surface area contributed by atoms with Crippen LogP contribution in [-0.2, 0) is 0 Å². The summed E-state index contributed by atoms with van der Waals surface area (Å²) in [5.41, 5.74) is 2.93. The minimum atomic E-state index is -0.239. The Kier molecular flexibility index (Phi) is 2.48. The fourth-order valence-corrected chi connectivity index (χ4v) is 1.97. The first kappa shape index (κ1) is 10.8. The summed E-state index contributed by atoms with van der Waals surface area (Å²) in [6.45, 7) is 0. The first-order valence-electron chi connectivity index (χ1n) is 5.69. The van der Waals surface area contributed by atoms with Gasteiger partial charge in [0, 0.05) is 24.5 Å². The van der Waals surface area contributed by atoms with Crippen molar-refractivity contribution in [3.63, 3.8) is 0 Å². The van der Waals surface area contributed by atoms with E-state index in [2.05, 4.69) is 10.3 Å². The van der Waals surface area contributed by atoms with E-state index in [0.717, 1.165) is 22.6 Å². The minimum absolute atomic E-state index is 0.239. The lowest BCUT2D eigenvalue weighted by Crippen LogP contribution is -1.92. The van der Waals surface area contributed by atoms with Gasteiger partial charge >= 0.3 is 0 Å². The van der Waals surface area contributed by atoms with Gasteiger partial charge in [0.25, 0.3) is 0 Å². The second-order valence-corrected chi connectivity index (χ2v) is 4.05. The van der Waals surface area contributed by atoms with E-state index in [0.29, 0.717) is 0 Å². The third kappa shape index (κ3) is 1.72. The third-order valence-corrected chi connectivity index (χ3v) is 2.92. The average molecular weight is 241 g/mol. The van der Waals surface area contributed by atoms with Crippen molar-refractivity contribution in [1.82, 2.24) is 9.38 Å². The highest BCUT2D eigenvalue weighted by atomic mass is 19.1. The zero-order chi connectivity index (χ0) is 12.5. The predicted octanol–water partition coefficient (Wildman–Crippen LogP) is 3.18. The Hall–Kier alpha value is -2.36. The Morgan fingerprint density at radius 3 is 2.67 bits per heavy atom. The molecular weight excluding hydrogens is 229 g/mol. The number of halogens is 1. The van der Waals surface area contributed by atoms with E-state index in [1.165, 1.54) is 12.1 Å². The second-order valence-electron chi connectivity index (χ2n) is 4.05. The van der Waals surface area contributed by atoms with Crippen LogP contribution in [0.25, 0.3) is 16.9 Å². The van der Waals surface area contributed by atoms with Crippen LogP contribution in [0.1, 0.15) is 0 Å². The van der Waals surface area contributed by atoms with Crippen LogP contribution in [0.2, 0.25) is 0 Å². The quantitative estimate of drug-likeness (QED) is 0.746. The van der Waals surface area contributed by atoms with Gasteiger partial charge in [0.1, 0.15) is 11.6 Å². The summed E-state index contributed by atoms with van der Waals surface area (Å²) >= 11 is 0. The van der Waals surface area contributed by atoms with Gasteiger partial charge in [0.2, 0.25) is 0 Å². The highest BCUT2D eigenvalue weighted by Crippen LogP contribution is 2.21. The first-order valence-corrected chi connectivity index (χ1v) is 5.69. The van der Waals surface area contributed by atoms with Crippen LogP contribution < -0.4 is 5.32 Å². The van der Waals surface area contributed by atoms with Crippen molar-refractivity contribution in [2.75, 3.05) is 12.4 Å². The fourth-order valence-electron chi connectivity index (χ4n) is 1.97. The summed E-state index contributed by atoms with van der Waals surface area (Å²) in [7, 11) is 1.88. The van der Waals surface area contributed by atoms with E-state index in [4.69, 9.17) is 0 Å². The molecule has 2 heterocycles. The number of nitrogens with one attached hydrogen (secondary N) is 1. The van der Waals surface area contributed by atoms with Gasteiger partial charge in [-0.25, -0.2) is 9.37 Å². The van der Waals surface area contributed by atoms with Crippen molar-refractivity contribution >= 4 is 11.2 Å². The molecule has 0 saturated carbocycles. The average Bonchev–Trinajstić information content (AvgIpc) is 2.82. The van der Waals surface area contributed by atoms with Gasteiger partial charge in [0.05, 0.1) is 11.7 Å². The molecule has 3 aromatic rings. The molecule has 4 heteroatoms. The standard InChI is InChI=1S/C14H12FN3/c1-16-12-6-7-18-13(8-12)9-17-14(18)10-2-4-11(15)5-3-10/h2-9,16H,1H3. The Morgan fingerprint density at radius 2 is 1.94 bits per heavy atom. The van der Waals surface area contributed by atoms with Gasteiger partial charge in [0.15, 0.2) is 0 Å². The summed E-state index contributed by atoms with van der Waals surface area (Å²) in [5.74, 6) is 0.574. The summed E-state index contributed by atoms with van der Waals surface area (Å²) in [5, 5.41) is 3.08. The number of hydrogen-bond donors (Lipinski definition) is 1. The Balaban J connectivity index is 2.15. The molecule has 0 fully saturated rings. The zero-order valence-electron chi connectivity index (χ0n) is 9.89. The number of fused-ring (bicyclic) bond motifs is 1. The monoisotopic (exact) mass is 241 g/mol. The molecule has 2 aromatic heterocycles. The van der Waals surface area contributed by atoms with Crippen molar-refractivity contribution in [2.45, 2.75) is 0 Å². The van der Waals surface area contributed by atoms with E-state index in [1.54, 1.807) is 18.3 Å². The van der Waals surface area contributed by atoms with Crippen LogP contribution in [0, 0.1) is 5.82 Å². The molecule has 0 bridgehead atoms. The van der Waals surface area contributed by atoms with Crippen LogP contribution >= 0.6 is 0 Å². The van der Waals surface area contributed by atoms with Crippen molar-refractivity contribution < 1.29 is 4.39 Å². The SMILES string of the molecule is CNc1ccn2c(-c3ccc(F)cc3)ncc2c1. The number of anilines is 1. The van der Waals surface area contributed by atoms with Crippen LogP contribution in [0.3, 0.4) is 0 Å². The van der Waals surface area contributed by atoms with Gasteiger partial charge in [-0.05, 0) is 36.4 Å². The molecule has 1 N–H and O–H groups in total. The van der Waals surface area contributed by atoms with E-state index >= 15 is 0 Å². The Bertz CT molecular complexity index is 686. The number of hydrogen-bond acceptors (Lipinski definition) is 2. The lowest BCUT2D eigenvalue weighted by Gasteiger charge is -2.04. The highest BCUT2D eigenvalue weighted by Gasteiger charge is 2.06. The smallest absolute Gasteiger partial charge is 0.144 e. The van der Waals surface area contributed by atoms with Crippen LogP contribution in [0.15, 0.2) is 48.8 Å². The zero-order valence-corrected chi connectivity index (χ0v) is 9.89. The highest BCUT2D eigenvalue weighted by molar-refractivity contribution is 5.65. The molecule has 0 amide bonds. The molecule has 0 aliphatic rings. The lowest BCUT2D eigenvalue weighted by atomic mass is 10.2. The molecule has 0 aliphatic carbocycles. The summed E-state index contributed by atoms with van der Waals surface area (Å²) in [6, 6.07) is 10.3. The van der Waals surface area contributed by atoms with Gasteiger partial charge < -0.3 is 5.32 Å².